The van der Waals surface area contributed by atoms with Crippen LogP contribution in [0.3, 0.4) is 0 Å². The first-order valence-corrected chi connectivity index (χ1v) is 7.10. The van der Waals surface area contributed by atoms with Gasteiger partial charge in [0.25, 0.3) is 5.91 Å². The average molecular weight is 355 g/mol. The Morgan fingerprint density at radius 2 is 1.61 bits per heavy atom. The second-order valence-corrected chi connectivity index (χ2v) is 5.44. The summed E-state index contributed by atoms with van der Waals surface area (Å²) in [6.07, 6.45) is 0. The Bertz CT molecular complexity index is 783. The number of nitrogens with one attached hydrogen (secondary N) is 1. The molecule has 0 saturated heterocycles. The highest BCUT2D eigenvalue weighted by Gasteiger charge is 2.13. The molecule has 0 heterocycles. The summed E-state index contributed by atoms with van der Waals surface area (Å²) in [6.45, 7) is 1.66. The van der Waals surface area contributed by atoms with Crippen LogP contribution in [0.5, 0.6) is 17.2 Å². The number of phenolic OH excluding ortho intramolecular Hbond substituents is 3. The van der Waals surface area contributed by atoms with Crippen LogP contribution in [0.25, 0.3) is 0 Å². The molecule has 2 aromatic rings. The van der Waals surface area contributed by atoms with Crippen molar-refractivity contribution in [2.24, 2.45) is 5.10 Å². The molecule has 0 radical (unpaired) electrons. The number of nitrogens with zero attached hydrogens (tertiary/aromatic N) is 1. The first kappa shape index (κ1) is 16.9. The largest absolute Gasteiger partial charge is 0.504 e. The first-order chi connectivity index (χ1) is 10.8. The summed E-state index contributed by atoms with van der Waals surface area (Å²) in [6, 6.07) is 6.92. The van der Waals surface area contributed by atoms with Gasteiger partial charge in [0.15, 0.2) is 17.2 Å². The van der Waals surface area contributed by atoms with Gasteiger partial charge >= 0.3 is 0 Å². The van der Waals surface area contributed by atoms with E-state index in [1.165, 1.54) is 0 Å². The number of rotatable bonds is 3. The van der Waals surface area contributed by atoms with E-state index in [9.17, 15) is 20.1 Å². The minimum absolute atomic E-state index is 0.0662. The minimum atomic E-state index is -0.697. The smallest absolute Gasteiger partial charge is 0.271 e. The molecule has 0 spiro atoms. The zero-order chi connectivity index (χ0) is 17.1. The lowest BCUT2D eigenvalue weighted by Crippen LogP contribution is -2.19. The normalized spacial score (nSPS) is 11.3. The van der Waals surface area contributed by atoms with E-state index >= 15 is 0 Å². The van der Waals surface area contributed by atoms with Gasteiger partial charge in [-0.2, -0.15) is 5.10 Å². The van der Waals surface area contributed by atoms with Crippen LogP contribution >= 0.6 is 23.2 Å². The first-order valence-electron chi connectivity index (χ1n) is 6.34. The Hall–Kier alpha value is -2.44. The second kappa shape index (κ2) is 6.76. The second-order valence-electron chi connectivity index (χ2n) is 4.63. The molecule has 23 heavy (non-hydrogen) atoms. The van der Waals surface area contributed by atoms with Crippen molar-refractivity contribution in [3.05, 3.63) is 51.5 Å². The number of hydrazone groups is 1. The van der Waals surface area contributed by atoms with Gasteiger partial charge in [-0.3, -0.25) is 4.79 Å². The van der Waals surface area contributed by atoms with Crippen LogP contribution in [0.1, 0.15) is 22.8 Å². The summed E-state index contributed by atoms with van der Waals surface area (Å²) in [7, 11) is 0. The number of amides is 1. The molecule has 6 nitrogen and oxygen atoms in total. The molecule has 8 heteroatoms. The molecule has 2 aromatic carbocycles. The van der Waals surface area contributed by atoms with Gasteiger partial charge < -0.3 is 15.3 Å². The van der Waals surface area contributed by atoms with Crippen LogP contribution in [0.2, 0.25) is 10.0 Å². The Kier molecular flexibility index (Phi) is 4.98. The van der Waals surface area contributed by atoms with Crippen molar-refractivity contribution >= 4 is 34.8 Å². The Balaban J connectivity index is 2.18. The number of phenols is 3. The van der Waals surface area contributed by atoms with Gasteiger partial charge in [0.1, 0.15) is 0 Å². The lowest BCUT2D eigenvalue weighted by molar-refractivity contribution is 0.0954. The highest BCUT2D eigenvalue weighted by molar-refractivity contribution is 6.42. The van der Waals surface area contributed by atoms with Gasteiger partial charge in [-0.05, 0) is 36.8 Å². The summed E-state index contributed by atoms with van der Waals surface area (Å²) < 4.78 is 0. The van der Waals surface area contributed by atoms with E-state index < -0.39 is 23.2 Å². The van der Waals surface area contributed by atoms with Crippen LogP contribution in [-0.4, -0.2) is 26.9 Å². The summed E-state index contributed by atoms with van der Waals surface area (Å²) in [5.41, 5.74) is 3.35. The molecule has 0 aliphatic rings. The molecule has 0 bridgehead atoms. The van der Waals surface area contributed by atoms with Gasteiger partial charge in [-0.25, -0.2) is 5.43 Å². The molecule has 0 fully saturated rings. The average Bonchev–Trinajstić information content (AvgIpc) is 2.52. The van der Waals surface area contributed by atoms with E-state index in [2.05, 4.69) is 10.5 Å². The summed E-state index contributed by atoms with van der Waals surface area (Å²) >= 11 is 11.7. The summed E-state index contributed by atoms with van der Waals surface area (Å²) in [5.74, 6) is -2.59. The van der Waals surface area contributed by atoms with Crippen LogP contribution in [0.15, 0.2) is 35.4 Å². The number of halogens is 2. The van der Waals surface area contributed by atoms with Gasteiger partial charge in [-0.15, -0.1) is 0 Å². The van der Waals surface area contributed by atoms with E-state index in [1.54, 1.807) is 25.1 Å². The fraction of sp³-hybridized carbons (Fsp3) is 0.0667. The standard InChI is InChI=1S/C15H12Cl2N2O4/c1-7(8-2-3-10(16)11(17)4-8)18-19-15(23)9-5-12(20)14(22)13(21)6-9/h2-6,20-22H,1H3,(H,19,23). The topological polar surface area (TPSA) is 102 Å². The fourth-order valence-corrected chi connectivity index (χ4v) is 2.02. The highest BCUT2D eigenvalue weighted by atomic mass is 35.5. The zero-order valence-corrected chi connectivity index (χ0v) is 13.4. The van der Waals surface area contributed by atoms with E-state index in [0.29, 0.717) is 21.3 Å². The molecule has 0 aromatic heterocycles. The van der Waals surface area contributed by atoms with Gasteiger partial charge in [-0.1, -0.05) is 29.3 Å². The number of carbonyl (C=O) groups is 1. The van der Waals surface area contributed by atoms with Crippen LogP contribution in [0, 0.1) is 0 Å². The molecule has 1 amide bonds. The van der Waals surface area contributed by atoms with Gasteiger partial charge in [0.2, 0.25) is 0 Å². The van der Waals surface area contributed by atoms with E-state index in [0.717, 1.165) is 12.1 Å². The lowest BCUT2D eigenvalue weighted by Gasteiger charge is -2.06. The Labute approximate surface area is 141 Å². The number of carbonyl (C=O) groups excluding carboxylic acids is 1. The number of hydrogen-bond donors (Lipinski definition) is 4. The quantitative estimate of drug-likeness (QED) is 0.386. The SMILES string of the molecule is CC(=NNC(=O)c1cc(O)c(O)c(O)c1)c1ccc(Cl)c(Cl)c1. The van der Waals surface area contributed by atoms with Crippen molar-refractivity contribution < 1.29 is 20.1 Å². The minimum Gasteiger partial charge on any atom is -0.504 e. The molecule has 2 rings (SSSR count). The van der Waals surface area contributed by atoms with E-state index in [-0.39, 0.29) is 5.56 Å². The maximum Gasteiger partial charge on any atom is 0.271 e. The van der Waals surface area contributed by atoms with Crippen LogP contribution in [-0.2, 0) is 0 Å². The summed E-state index contributed by atoms with van der Waals surface area (Å²) in [5, 5.41) is 32.7. The van der Waals surface area contributed by atoms with Crippen molar-refractivity contribution in [3.63, 3.8) is 0 Å². The fourth-order valence-electron chi connectivity index (χ4n) is 1.72. The Morgan fingerprint density at radius 3 is 2.17 bits per heavy atom. The third kappa shape index (κ3) is 3.85. The highest BCUT2D eigenvalue weighted by Crippen LogP contribution is 2.35. The van der Waals surface area contributed by atoms with Crippen molar-refractivity contribution in [1.29, 1.82) is 0 Å². The monoisotopic (exact) mass is 354 g/mol. The molecule has 0 saturated carbocycles. The molecule has 120 valence electrons. The Morgan fingerprint density at radius 1 is 1.00 bits per heavy atom. The number of benzene rings is 2. The third-order valence-electron chi connectivity index (χ3n) is 2.99. The van der Waals surface area contributed by atoms with Crippen LogP contribution in [0.4, 0.5) is 0 Å². The molecule has 0 aliphatic heterocycles. The van der Waals surface area contributed by atoms with Crippen molar-refractivity contribution in [2.75, 3.05) is 0 Å². The predicted octanol–water partition coefficient (Wildman–Crippen LogP) is 3.26. The molecule has 4 N–H and O–H groups in total. The predicted molar refractivity (Wildman–Crippen MR) is 87.6 cm³/mol. The van der Waals surface area contributed by atoms with E-state index in [1.807, 2.05) is 0 Å². The third-order valence-corrected chi connectivity index (χ3v) is 3.73. The zero-order valence-electron chi connectivity index (χ0n) is 11.8. The molecular formula is C15H12Cl2N2O4. The molecule has 0 aliphatic carbocycles. The number of hydrogen-bond acceptors (Lipinski definition) is 5. The number of aromatic hydroxyl groups is 3. The maximum atomic E-state index is 11.9. The van der Waals surface area contributed by atoms with E-state index in [4.69, 9.17) is 23.2 Å². The molecule has 0 atom stereocenters. The van der Waals surface area contributed by atoms with Crippen molar-refractivity contribution in [3.8, 4) is 17.2 Å². The van der Waals surface area contributed by atoms with Crippen molar-refractivity contribution in [2.45, 2.75) is 6.92 Å². The van der Waals surface area contributed by atoms with Gasteiger partial charge in [0, 0.05) is 5.56 Å². The maximum absolute atomic E-state index is 11.9. The lowest BCUT2D eigenvalue weighted by atomic mass is 10.1. The van der Waals surface area contributed by atoms with Crippen molar-refractivity contribution in [1.82, 2.24) is 5.43 Å². The molecular weight excluding hydrogens is 343 g/mol. The van der Waals surface area contributed by atoms with Crippen LogP contribution < -0.4 is 5.43 Å². The molecule has 0 unspecified atom stereocenters. The van der Waals surface area contributed by atoms with Gasteiger partial charge in [0.05, 0.1) is 15.8 Å². The summed E-state index contributed by atoms with van der Waals surface area (Å²) in [4.78, 5) is 11.9.